The van der Waals surface area contributed by atoms with E-state index in [0.717, 1.165) is 12.8 Å². The predicted octanol–water partition coefficient (Wildman–Crippen LogP) is 2.91. The van der Waals surface area contributed by atoms with Crippen molar-refractivity contribution in [1.29, 1.82) is 0 Å². The molecule has 0 radical (unpaired) electrons. The van der Waals surface area contributed by atoms with Gasteiger partial charge in [0.15, 0.2) is 0 Å². The van der Waals surface area contributed by atoms with Gasteiger partial charge in [0.05, 0.1) is 6.61 Å². The number of hydrogen-bond acceptors (Lipinski definition) is 5. The second-order valence-corrected chi connectivity index (χ2v) is 8.50. The number of fused-ring (bicyclic) bond motifs is 3. The zero-order chi connectivity index (χ0) is 23.2. The van der Waals surface area contributed by atoms with Gasteiger partial charge in [-0.3, -0.25) is 4.79 Å². The van der Waals surface area contributed by atoms with Crippen LogP contribution in [0.1, 0.15) is 36.3 Å². The zero-order valence-electron chi connectivity index (χ0n) is 18.3. The van der Waals surface area contributed by atoms with Gasteiger partial charge in [0, 0.05) is 24.9 Å². The number of hydrogen-bond donors (Lipinski definition) is 3. The van der Waals surface area contributed by atoms with E-state index in [1.165, 1.54) is 22.3 Å². The Labute approximate surface area is 192 Å². The first-order valence-corrected chi connectivity index (χ1v) is 11.2. The average Bonchev–Trinajstić information content (AvgIpc) is 3.09. The highest BCUT2D eigenvalue weighted by molar-refractivity contribution is 5.79. The van der Waals surface area contributed by atoms with Crippen molar-refractivity contribution < 1.29 is 29.0 Å². The molecule has 1 fully saturated rings. The largest absolute Gasteiger partial charge is 0.480 e. The number of alkyl carbamates (subject to hydrolysis) is 1. The van der Waals surface area contributed by atoms with Crippen molar-refractivity contribution >= 4 is 18.0 Å². The number of carboxylic acid groups (broad SMARTS) is 1. The molecule has 2 aromatic carbocycles. The summed E-state index contributed by atoms with van der Waals surface area (Å²) >= 11 is 0. The Hall–Kier alpha value is -3.39. The summed E-state index contributed by atoms with van der Waals surface area (Å²) in [5, 5.41) is 14.1. The normalized spacial score (nSPS) is 18.5. The lowest BCUT2D eigenvalue weighted by atomic mass is 9.78. The van der Waals surface area contributed by atoms with Crippen molar-refractivity contribution in [2.24, 2.45) is 5.92 Å². The van der Waals surface area contributed by atoms with Crippen molar-refractivity contribution in [1.82, 2.24) is 10.6 Å². The summed E-state index contributed by atoms with van der Waals surface area (Å²) in [6.45, 7) is 0.346. The van der Waals surface area contributed by atoms with Crippen molar-refractivity contribution in [2.75, 3.05) is 26.4 Å². The van der Waals surface area contributed by atoms with Crippen LogP contribution in [0.4, 0.5) is 4.79 Å². The van der Waals surface area contributed by atoms with Gasteiger partial charge in [-0.05, 0) is 41.0 Å². The Bertz CT molecular complexity index is 972. The highest BCUT2D eigenvalue weighted by Gasteiger charge is 2.33. The van der Waals surface area contributed by atoms with E-state index in [1.54, 1.807) is 0 Å². The van der Waals surface area contributed by atoms with Crippen molar-refractivity contribution in [3.05, 3.63) is 59.7 Å². The smallest absolute Gasteiger partial charge is 0.407 e. The molecule has 0 unspecified atom stereocenters. The van der Waals surface area contributed by atoms with Crippen LogP contribution in [-0.2, 0) is 19.1 Å². The van der Waals surface area contributed by atoms with Gasteiger partial charge in [0.25, 0.3) is 0 Å². The van der Waals surface area contributed by atoms with E-state index < -0.39 is 12.1 Å². The lowest BCUT2D eigenvalue weighted by Crippen LogP contribution is -2.46. The number of carbonyl (C=O) groups is 3. The Morgan fingerprint density at radius 3 is 2.24 bits per heavy atom. The van der Waals surface area contributed by atoms with E-state index in [-0.39, 0.29) is 50.2 Å². The lowest BCUT2D eigenvalue weighted by Gasteiger charge is -2.35. The molecule has 8 heteroatoms. The summed E-state index contributed by atoms with van der Waals surface area (Å²) in [7, 11) is 0. The number of ether oxygens (including phenoxy) is 2. The van der Waals surface area contributed by atoms with Crippen LogP contribution in [0.2, 0.25) is 0 Å². The number of aliphatic carboxylic acids is 1. The summed E-state index contributed by atoms with van der Waals surface area (Å²) in [6.07, 6.45) is 1.41. The number of benzene rings is 2. The maximum Gasteiger partial charge on any atom is 0.407 e. The first kappa shape index (κ1) is 22.8. The molecule has 174 valence electrons. The van der Waals surface area contributed by atoms with Crippen LogP contribution >= 0.6 is 0 Å². The van der Waals surface area contributed by atoms with Crippen LogP contribution < -0.4 is 10.6 Å². The van der Waals surface area contributed by atoms with Gasteiger partial charge in [-0.2, -0.15) is 0 Å². The molecule has 33 heavy (non-hydrogen) atoms. The molecule has 1 saturated carbocycles. The molecule has 2 aliphatic carbocycles. The highest BCUT2D eigenvalue weighted by atomic mass is 16.5. The molecule has 0 saturated heterocycles. The third kappa shape index (κ3) is 5.70. The molecule has 2 aromatic rings. The molecule has 0 spiro atoms. The Kier molecular flexibility index (Phi) is 7.24. The molecule has 4 rings (SSSR count). The SMILES string of the molecule is O=C(O)COCCNC(=O)CC1CC(NC(=O)OCC2c3ccccc3-c3ccccc32)C1. The van der Waals surface area contributed by atoms with Crippen LogP contribution in [-0.4, -0.2) is 55.5 Å². The second kappa shape index (κ2) is 10.5. The van der Waals surface area contributed by atoms with Gasteiger partial charge in [-0.15, -0.1) is 0 Å². The zero-order valence-corrected chi connectivity index (χ0v) is 18.3. The summed E-state index contributed by atoms with van der Waals surface area (Å²) in [5.41, 5.74) is 4.73. The summed E-state index contributed by atoms with van der Waals surface area (Å²) < 4.78 is 10.4. The highest BCUT2D eigenvalue weighted by Crippen LogP contribution is 2.44. The molecule has 2 amide bonds. The van der Waals surface area contributed by atoms with Crippen molar-refractivity contribution in [3.63, 3.8) is 0 Å². The minimum absolute atomic E-state index is 0.0114. The maximum absolute atomic E-state index is 12.3. The summed E-state index contributed by atoms with van der Waals surface area (Å²) in [5.74, 6) is -0.895. The fraction of sp³-hybridized carbons (Fsp3) is 0.400. The van der Waals surface area contributed by atoms with Gasteiger partial charge < -0.3 is 25.2 Å². The number of rotatable bonds is 10. The van der Waals surface area contributed by atoms with Crippen LogP contribution in [0.5, 0.6) is 0 Å². The third-order valence-corrected chi connectivity index (χ3v) is 6.17. The van der Waals surface area contributed by atoms with Crippen LogP contribution in [0.25, 0.3) is 11.1 Å². The maximum atomic E-state index is 12.3. The molecule has 3 N–H and O–H groups in total. The average molecular weight is 453 g/mol. The number of nitrogens with one attached hydrogen (secondary N) is 2. The Balaban J connectivity index is 1.15. The molecule has 0 aliphatic heterocycles. The lowest BCUT2D eigenvalue weighted by molar-refractivity contribution is -0.142. The van der Waals surface area contributed by atoms with Gasteiger partial charge in [-0.25, -0.2) is 9.59 Å². The summed E-state index contributed by atoms with van der Waals surface area (Å²) in [4.78, 5) is 34.6. The van der Waals surface area contributed by atoms with Gasteiger partial charge in [0.1, 0.15) is 13.2 Å². The molecular weight excluding hydrogens is 424 g/mol. The molecule has 0 atom stereocenters. The Morgan fingerprint density at radius 1 is 0.970 bits per heavy atom. The van der Waals surface area contributed by atoms with Gasteiger partial charge in [0.2, 0.25) is 5.91 Å². The molecule has 0 heterocycles. The van der Waals surface area contributed by atoms with Crippen LogP contribution in [0.15, 0.2) is 48.5 Å². The quantitative estimate of drug-likeness (QED) is 0.478. The van der Waals surface area contributed by atoms with Crippen molar-refractivity contribution in [3.8, 4) is 11.1 Å². The van der Waals surface area contributed by atoms with E-state index in [4.69, 9.17) is 14.6 Å². The van der Waals surface area contributed by atoms with Gasteiger partial charge >= 0.3 is 12.1 Å². The minimum atomic E-state index is -1.04. The topological polar surface area (TPSA) is 114 Å². The standard InChI is InChI=1S/C25H28N2O6/c28-23(26-9-10-32-15-24(29)30)13-16-11-17(12-16)27-25(31)33-14-22-20-7-3-1-5-18(20)19-6-2-4-8-21(19)22/h1-8,16-17,22H,9-15H2,(H,26,28)(H,27,31)(H,29,30). The molecule has 2 aliphatic rings. The molecular formula is C25H28N2O6. The Morgan fingerprint density at radius 2 is 1.61 bits per heavy atom. The van der Waals surface area contributed by atoms with E-state index in [0.29, 0.717) is 6.42 Å². The summed E-state index contributed by atoms with van der Waals surface area (Å²) in [6, 6.07) is 16.4. The van der Waals surface area contributed by atoms with E-state index in [9.17, 15) is 14.4 Å². The van der Waals surface area contributed by atoms with E-state index in [2.05, 4.69) is 34.9 Å². The molecule has 8 nitrogen and oxygen atoms in total. The molecule has 0 aromatic heterocycles. The van der Waals surface area contributed by atoms with Gasteiger partial charge in [-0.1, -0.05) is 48.5 Å². The second-order valence-electron chi connectivity index (χ2n) is 8.50. The predicted molar refractivity (Wildman–Crippen MR) is 121 cm³/mol. The van der Waals surface area contributed by atoms with Crippen molar-refractivity contribution in [2.45, 2.75) is 31.2 Å². The monoisotopic (exact) mass is 452 g/mol. The fourth-order valence-corrected chi connectivity index (χ4v) is 4.58. The van der Waals surface area contributed by atoms with Crippen LogP contribution in [0, 0.1) is 5.92 Å². The first-order chi connectivity index (χ1) is 16.0. The van der Waals surface area contributed by atoms with E-state index in [1.807, 2.05) is 24.3 Å². The van der Waals surface area contributed by atoms with E-state index >= 15 is 0 Å². The first-order valence-electron chi connectivity index (χ1n) is 11.2. The number of carbonyl (C=O) groups excluding carboxylic acids is 2. The number of amides is 2. The van der Waals surface area contributed by atoms with Crippen LogP contribution in [0.3, 0.4) is 0 Å². The number of carboxylic acids is 1. The minimum Gasteiger partial charge on any atom is -0.480 e. The molecule has 0 bridgehead atoms. The third-order valence-electron chi connectivity index (χ3n) is 6.17. The fourth-order valence-electron chi connectivity index (χ4n) is 4.58.